The van der Waals surface area contributed by atoms with Crippen LogP contribution in [0, 0.1) is 0 Å². The SMILES string of the molecule is CCNCCCNS(=O)(=O)N1CCc2ccccc2C1. The van der Waals surface area contributed by atoms with Gasteiger partial charge in [-0.2, -0.15) is 12.7 Å². The summed E-state index contributed by atoms with van der Waals surface area (Å²) in [5.74, 6) is 0. The van der Waals surface area contributed by atoms with Gasteiger partial charge in [0.15, 0.2) is 0 Å². The van der Waals surface area contributed by atoms with Crippen LogP contribution in [0.2, 0.25) is 0 Å². The molecule has 1 heterocycles. The van der Waals surface area contributed by atoms with Gasteiger partial charge in [-0.25, -0.2) is 4.72 Å². The normalized spacial score (nSPS) is 16.1. The Labute approximate surface area is 121 Å². The quantitative estimate of drug-likeness (QED) is 0.735. The molecule has 6 heteroatoms. The molecule has 0 aliphatic carbocycles. The number of nitrogens with zero attached hydrogens (tertiary/aromatic N) is 1. The highest BCUT2D eigenvalue weighted by atomic mass is 32.2. The first-order valence-electron chi connectivity index (χ1n) is 7.15. The van der Waals surface area contributed by atoms with E-state index in [1.165, 1.54) is 9.87 Å². The predicted molar refractivity (Wildman–Crippen MR) is 80.6 cm³/mol. The van der Waals surface area contributed by atoms with Crippen LogP contribution in [0.1, 0.15) is 24.5 Å². The molecule has 0 saturated carbocycles. The van der Waals surface area contributed by atoms with Crippen molar-refractivity contribution in [3.63, 3.8) is 0 Å². The molecule has 0 spiro atoms. The number of hydrogen-bond donors (Lipinski definition) is 2. The molecule has 112 valence electrons. The van der Waals surface area contributed by atoms with E-state index in [2.05, 4.69) is 16.1 Å². The number of nitrogens with one attached hydrogen (secondary N) is 2. The minimum Gasteiger partial charge on any atom is -0.317 e. The van der Waals surface area contributed by atoms with E-state index >= 15 is 0 Å². The highest BCUT2D eigenvalue weighted by Gasteiger charge is 2.25. The van der Waals surface area contributed by atoms with Crippen LogP contribution in [0.15, 0.2) is 24.3 Å². The number of benzene rings is 1. The maximum absolute atomic E-state index is 12.2. The Morgan fingerprint density at radius 3 is 2.70 bits per heavy atom. The zero-order valence-corrected chi connectivity index (χ0v) is 12.7. The molecule has 0 atom stereocenters. The van der Waals surface area contributed by atoms with Gasteiger partial charge in [0.05, 0.1) is 0 Å². The summed E-state index contributed by atoms with van der Waals surface area (Å²) in [6.07, 6.45) is 1.59. The van der Waals surface area contributed by atoms with Gasteiger partial charge >= 0.3 is 0 Å². The first-order chi connectivity index (χ1) is 9.63. The van der Waals surface area contributed by atoms with E-state index < -0.39 is 10.2 Å². The molecule has 1 aliphatic heterocycles. The van der Waals surface area contributed by atoms with E-state index in [9.17, 15) is 8.42 Å². The fourth-order valence-corrected chi connectivity index (χ4v) is 3.58. The number of fused-ring (bicyclic) bond motifs is 1. The van der Waals surface area contributed by atoms with Crippen LogP contribution in [0.25, 0.3) is 0 Å². The van der Waals surface area contributed by atoms with Gasteiger partial charge in [-0.3, -0.25) is 0 Å². The van der Waals surface area contributed by atoms with Gasteiger partial charge in [-0.05, 0) is 37.1 Å². The minimum absolute atomic E-state index is 0.471. The van der Waals surface area contributed by atoms with Crippen LogP contribution < -0.4 is 10.0 Å². The van der Waals surface area contributed by atoms with Gasteiger partial charge in [0.1, 0.15) is 0 Å². The van der Waals surface area contributed by atoms with Gasteiger partial charge in [-0.1, -0.05) is 31.2 Å². The molecule has 2 N–H and O–H groups in total. The lowest BCUT2D eigenvalue weighted by Crippen LogP contribution is -2.43. The fraction of sp³-hybridized carbons (Fsp3) is 0.571. The molecule has 20 heavy (non-hydrogen) atoms. The molecule has 0 amide bonds. The van der Waals surface area contributed by atoms with E-state index in [0.29, 0.717) is 19.6 Å². The van der Waals surface area contributed by atoms with E-state index in [4.69, 9.17) is 0 Å². The van der Waals surface area contributed by atoms with Crippen LogP contribution >= 0.6 is 0 Å². The first-order valence-corrected chi connectivity index (χ1v) is 8.59. The van der Waals surface area contributed by atoms with Gasteiger partial charge in [-0.15, -0.1) is 0 Å². The van der Waals surface area contributed by atoms with Crippen molar-refractivity contribution in [2.75, 3.05) is 26.2 Å². The third kappa shape index (κ3) is 4.02. The largest absolute Gasteiger partial charge is 0.317 e. The van der Waals surface area contributed by atoms with E-state index in [-0.39, 0.29) is 0 Å². The summed E-state index contributed by atoms with van der Waals surface area (Å²) in [6, 6.07) is 8.03. The fourth-order valence-electron chi connectivity index (χ4n) is 2.36. The topological polar surface area (TPSA) is 61.4 Å². The van der Waals surface area contributed by atoms with Crippen molar-refractivity contribution in [2.45, 2.75) is 26.3 Å². The summed E-state index contributed by atoms with van der Waals surface area (Å²) >= 11 is 0. The van der Waals surface area contributed by atoms with Gasteiger partial charge in [0.25, 0.3) is 10.2 Å². The molecular weight excluding hydrogens is 274 g/mol. The van der Waals surface area contributed by atoms with Crippen molar-refractivity contribution in [2.24, 2.45) is 0 Å². The van der Waals surface area contributed by atoms with E-state index in [1.807, 2.05) is 25.1 Å². The molecule has 1 aromatic rings. The lowest BCUT2D eigenvalue weighted by atomic mass is 10.0. The van der Waals surface area contributed by atoms with Crippen LogP contribution in [-0.4, -0.2) is 38.9 Å². The zero-order chi connectivity index (χ0) is 14.4. The summed E-state index contributed by atoms with van der Waals surface area (Å²) in [4.78, 5) is 0. The van der Waals surface area contributed by atoms with Crippen molar-refractivity contribution < 1.29 is 8.42 Å². The van der Waals surface area contributed by atoms with Crippen molar-refractivity contribution in [3.8, 4) is 0 Å². The summed E-state index contributed by atoms with van der Waals surface area (Å²) < 4.78 is 28.7. The second-order valence-corrected chi connectivity index (χ2v) is 6.71. The Hall–Kier alpha value is -0.950. The van der Waals surface area contributed by atoms with E-state index in [0.717, 1.165) is 31.5 Å². The van der Waals surface area contributed by atoms with Gasteiger partial charge in [0, 0.05) is 19.6 Å². The van der Waals surface area contributed by atoms with Gasteiger partial charge in [0.2, 0.25) is 0 Å². The smallest absolute Gasteiger partial charge is 0.279 e. The van der Waals surface area contributed by atoms with Crippen LogP contribution in [0.3, 0.4) is 0 Å². The predicted octanol–water partition coefficient (Wildman–Crippen LogP) is 0.879. The van der Waals surface area contributed by atoms with Crippen molar-refractivity contribution in [3.05, 3.63) is 35.4 Å². The third-order valence-electron chi connectivity index (χ3n) is 3.50. The van der Waals surface area contributed by atoms with Crippen LogP contribution in [-0.2, 0) is 23.2 Å². The Morgan fingerprint density at radius 2 is 1.95 bits per heavy atom. The Bertz CT molecular complexity index is 531. The lowest BCUT2D eigenvalue weighted by molar-refractivity contribution is 0.383. The molecule has 0 aromatic heterocycles. The Kier molecular flexibility index (Phi) is 5.54. The Balaban J connectivity index is 1.88. The number of rotatable bonds is 7. The average Bonchev–Trinajstić information content (AvgIpc) is 2.46. The van der Waals surface area contributed by atoms with Crippen molar-refractivity contribution in [1.29, 1.82) is 0 Å². The molecule has 0 fully saturated rings. The monoisotopic (exact) mass is 297 g/mol. The molecule has 1 aliphatic rings. The summed E-state index contributed by atoms with van der Waals surface area (Å²) in [6.45, 7) is 5.29. The molecule has 0 unspecified atom stereocenters. The van der Waals surface area contributed by atoms with Gasteiger partial charge < -0.3 is 5.32 Å². The maximum atomic E-state index is 12.2. The first kappa shape index (κ1) is 15.4. The molecule has 0 saturated heterocycles. The number of hydrogen-bond acceptors (Lipinski definition) is 3. The average molecular weight is 297 g/mol. The molecule has 0 bridgehead atoms. The molecule has 1 aromatic carbocycles. The molecule has 2 rings (SSSR count). The Morgan fingerprint density at radius 1 is 1.20 bits per heavy atom. The standard InChI is InChI=1S/C14H23N3O2S/c1-2-15-9-5-10-16-20(18,19)17-11-8-13-6-3-4-7-14(13)12-17/h3-4,6-7,15-16H,2,5,8-12H2,1H3. The third-order valence-corrected chi connectivity index (χ3v) is 5.06. The van der Waals surface area contributed by atoms with Crippen molar-refractivity contribution >= 4 is 10.2 Å². The van der Waals surface area contributed by atoms with E-state index in [1.54, 1.807) is 0 Å². The second-order valence-electron chi connectivity index (χ2n) is 4.96. The van der Waals surface area contributed by atoms with Crippen LogP contribution in [0.4, 0.5) is 0 Å². The van der Waals surface area contributed by atoms with Crippen molar-refractivity contribution in [1.82, 2.24) is 14.3 Å². The highest BCUT2D eigenvalue weighted by molar-refractivity contribution is 7.87. The zero-order valence-electron chi connectivity index (χ0n) is 11.9. The summed E-state index contributed by atoms with van der Waals surface area (Å²) in [5.41, 5.74) is 2.36. The lowest BCUT2D eigenvalue weighted by Gasteiger charge is -2.28. The summed E-state index contributed by atoms with van der Waals surface area (Å²) in [7, 11) is -3.36. The molecule has 0 radical (unpaired) electrons. The summed E-state index contributed by atoms with van der Waals surface area (Å²) in [5, 5.41) is 3.18. The van der Waals surface area contributed by atoms with Crippen LogP contribution in [0.5, 0.6) is 0 Å². The molecule has 5 nitrogen and oxygen atoms in total. The highest BCUT2D eigenvalue weighted by Crippen LogP contribution is 2.20. The maximum Gasteiger partial charge on any atom is 0.279 e. The molecular formula is C14H23N3O2S. The second kappa shape index (κ2) is 7.17. The minimum atomic E-state index is -3.36.